The lowest BCUT2D eigenvalue weighted by Crippen LogP contribution is -2.47. The van der Waals surface area contributed by atoms with Gasteiger partial charge in [-0.3, -0.25) is 9.69 Å². The Kier molecular flexibility index (Phi) is 6.75. The highest BCUT2D eigenvalue weighted by Gasteiger charge is 2.26. The summed E-state index contributed by atoms with van der Waals surface area (Å²) in [6.45, 7) is 7.28. The van der Waals surface area contributed by atoms with Gasteiger partial charge in [0, 0.05) is 25.2 Å². The van der Waals surface area contributed by atoms with Crippen molar-refractivity contribution in [1.82, 2.24) is 15.1 Å². The fourth-order valence-corrected chi connectivity index (χ4v) is 2.82. The van der Waals surface area contributed by atoms with E-state index in [1.54, 1.807) is 0 Å². The summed E-state index contributed by atoms with van der Waals surface area (Å²) in [5.74, 6) is -0.239. The van der Waals surface area contributed by atoms with Gasteiger partial charge in [-0.1, -0.05) is 13.8 Å². The van der Waals surface area contributed by atoms with Gasteiger partial charge < -0.3 is 16.0 Å². The fraction of sp³-hybridized carbons (Fsp3) is 0.929. The zero-order valence-electron chi connectivity index (χ0n) is 12.9. The molecule has 0 radical (unpaired) electrons. The maximum Gasteiger partial charge on any atom is 0.234 e. The number of hydrogen-bond acceptors (Lipinski definition) is 4. The fourth-order valence-electron chi connectivity index (χ4n) is 2.82. The average Bonchev–Trinajstić information content (AvgIpc) is 2.70. The average molecular weight is 270 g/mol. The van der Waals surface area contributed by atoms with Crippen molar-refractivity contribution in [3.05, 3.63) is 0 Å². The van der Waals surface area contributed by atoms with Crippen LogP contribution in [0.5, 0.6) is 0 Å². The molecule has 0 spiro atoms. The van der Waals surface area contributed by atoms with E-state index in [4.69, 9.17) is 5.73 Å². The summed E-state index contributed by atoms with van der Waals surface area (Å²) < 4.78 is 0. The highest BCUT2D eigenvalue weighted by atomic mass is 16.1. The third-order valence-electron chi connectivity index (χ3n) is 3.66. The first-order valence-corrected chi connectivity index (χ1v) is 7.34. The summed E-state index contributed by atoms with van der Waals surface area (Å²) in [6, 6.07) is 0.705. The first-order valence-electron chi connectivity index (χ1n) is 7.34. The molecule has 0 saturated carbocycles. The number of rotatable bonds is 8. The quantitative estimate of drug-likeness (QED) is 0.664. The Bertz CT molecular complexity index is 281. The normalized spacial score (nSPS) is 22.3. The monoisotopic (exact) mass is 270 g/mol. The molecule has 19 heavy (non-hydrogen) atoms. The van der Waals surface area contributed by atoms with E-state index in [9.17, 15) is 4.79 Å². The third-order valence-corrected chi connectivity index (χ3v) is 3.66. The van der Waals surface area contributed by atoms with Crippen molar-refractivity contribution in [3.8, 4) is 0 Å². The zero-order chi connectivity index (χ0) is 14.4. The van der Waals surface area contributed by atoms with Gasteiger partial charge in [0.25, 0.3) is 0 Å². The van der Waals surface area contributed by atoms with E-state index in [0.29, 0.717) is 6.04 Å². The summed E-state index contributed by atoms with van der Waals surface area (Å²) in [4.78, 5) is 16.2. The Morgan fingerprint density at radius 1 is 1.47 bits per heavy atom. The number of carbonyl (C=O) groups is 1. The number of primary amides is 1. The number of nitrogens with one attached hydrogen (secondary N) is 1. The summed E-state index contributed by atoms with van der Waals surface area (Å²) >= 11 is 0. The van der Waals surface area contributed by atoms with E-state index in [1.807, 2.05) is 13.8 Å². The van der Waals surface area contributed by atoms with Crippen molar-refractivity contribution < 1.29 is 4.79 Å². The van der Waals surface area contributed by atoms with E-state index in [1.165, 1.54) is 12.8 Å². The lowest BCUT2D eigenvalue weighted by molar-refractivity contribution is -0.120. The smallest absolute Gasteiger partial charge is 0.234 e. The van der Waals surface area contributed by atoms with E-state index in [2.05, 4.69) is 29.2 Å². The van der Waals surface area contributed by atoms with Crippen molar-refractivity contribution in [2.75, 3.05) is 33.7 Å². The molecule has 0 aromatic rings. The molecular weight excluding hydrogens is 240 g/mol. The van der Waals surface area contributed by atoms with Gasteiger partial charge in [0.05, 0.1) is 6.04 Å². The van der Waals surface area contributed by atoms with E-state index in [-0.39, 0.29) is 18.0 Å². The van der Waals surface area contributed by atoms with Crippen molar-refractivity contribution in [2.45, 2.75) is 51.2 Å². The second kappa shape index (κ2) is 7.82. The zero-order valence-corrected chi connectivity index (χ0v) is 12.9. The van der Waals surface area contributed by atoms with Crippen LogP contribution in [0, 0.1) is 0 Å². The Labute approximate surface area is 117 Å². The number of nitrogens with zero attached hydrogens (tertiary/aromatic N) is 2. The first-order chi connectivity index (χ1) is 8.90. The molecule has 1 aliphatic rings. The molecule has 1 saturated heterocycles. The van der Waals surface area contributed by atoms with Crippen LogP contribution in [-0.2, 0) is 4.79 Å². The van der Waals surface area contributed by atoms with Crippen LogP contribution in [0.2, 0.25) is 0 Å². The molecule has 3 N–H and O–H groups in total. The van der Waals surface area contributed by atoms with Crippen molar-refractivity contribution in [1.29, 1.82) is 0 Å². The maximum atomic E-state index is 11.4. The van der Waals surface area contributed by atoms with Crippen LogP contribution in [0.4, 0.5) is 0 Å². The van der Waals surface area contributed by atoms with Crippen LogP contribution >= 0.6 is 0 Å². The van der Waals surface area contributed by atoms with E-state index in [0.717, 1.165) is 26.1 Å². The van der Waals surface area contributed by atoms with Crippen LogP contribution in [0.3, 0.4) is 0 Å². The van der Waals surface area contributed by atoms with Crippen molar-refractivity contribution in [2.24, 2.45) is 5.73 Å². The second-order valence-corrected chi connectivity index (χ2v) is 6.16. The predicted molar refractivity (Wildman–Crippen MR) is 79.0 cm³/mol. The maximum absolute atomic E-state index is 11.4. The van der Waals surface area contributed by atoms with Crippen LogP contribution in [0.1, 0.15) is 33.1 Å². The van der Waals surface area contributed by atoms with E-state index < -0.39 is 0 Å². The number of carbonyl (C=O) groups excluding carboxylic acids is 1. The van der Waals surface area contributed by atoms with Gasteiger partial charge in [-0.2, -0.15) is 0 Å². The third kappa shape index (κ3) is 5.89. The molecule has 2 unspecified atom stereocenters. The van der Waals surface area contributed by atoms with Gasteiger partial charge >= 0.3 is 0 Å². The summed E-state index contributed by atoms with van der Waals surface area (Å²) in [6.07, 6.45) is 3.33. The summed E-state index contributed by atoms with van der Waals surface area (Å²) in [5.41, 5.74) is 5.46. The minimum atomic E-state index is -0.239. The molecule has 0 aliphatic carbocycles. The van der Waals surface area contributed by atoms with Gasteiger partial charge in [0.2, 0.25) is 5.91 Å². The molecule has 1 fully saturated rings. The Balaban J connectivity index is 2.42. The van der Waals surface area contributed by atoms with Crippen molar-refractivity contribution in [3.63, 3.8) is 0 Å². The molecule has 0 aromatic carbocycles. The van der Waals surface area contributed by atoms with Gasteiger partial charge in [-0.05, 0) is 39.9 Å². The van der Waals surface area contributed by atoms with Gasteiger partial charge in [0.15, 0.2) is 0 Å². The predicted octanol–water partition coefficient (Wildman–Crippen LogP) is 0.254. The molecule has 5 nitrogen and oxygen atoms in total. The Morgan fingerprint density at radius 2 is 2.16 bits per heavy atom. The number of likely N-dealkylation sites (tertiary alicyclic amines) is 1. The van der Waals surface area contributed by atoms with Crippen LogP contribution in [-0.4, -0.2) is 67.6 Å². The number of hydrogen-bond donors (Lipinski definition) is 2. The minimum Gasteiger partial charge on any atom is -0.368 e. The Hall–Kier alpha value is -0.650. The molecule has 2 atom stereocenters. The lowest BCUT2D eigenvalue weighted by atomic mass is 10.1. The number of likely N-dealkylation sites (N-methyl/N-ethyl adjacent to an activating group) is 1. The lowest BCUT2D eigenvalue weighted by Gasteiger charge is -2.28. The minimum absolute atomic E-state index is 0.208. The molecule has 1 amide bonds. The largest absolute Gasteiger partial charge is 0.368 e. The number of nitrogens with two attached hydrogens (primary N) is 1. The van der Waals surface area contributed by atoms with Gasteiger partial charge in [0.1, 0.15) is 0 Å². The van der Waals surface area contributed by atoms with Crippen molar-refractivity contribution >= 4 is 5.91 Å². The second-order valence-electron chi connectivity index (χ2n) is 6.16. The molecule has 1 aliphatic heterocycles. The van der Waals surface area contributed by atoms with Crippen LogP contribution < -0.4 is 11.1 Å². The molecule has 0 aromatic heterocycles. The highest BCUT2D eigenvalue weighted by Crippen LogP contribution is 2.18. The standard InChI is InChI=1S/C14H30N4O/c1-11(2)16-13(14(15)19)7-9-18-8-5-6-12(18)10-17(3)4/h11-13,16H,5-10H2,1-4H3,(H2,15,19). The SMILES string of the molecule is CC(C)NC(CCN1CCCC1CN(C)C)C(N)=O. The van der Waals surface area contributed by atoms with Crippen LogP contribution in [0.15, 0.2) is 0 Å². The molecule has 1 heterocycles. The summed E-state index contributed by atoms with van der Waals surface area (Å²) in [7, 11) is 4.23. The van der Waals surface area contributed by atoms with E-state index >= 15 is 0 Å². The summed E-state index contributed by atoms with van der Waals surface area (Å²) in [5, 5.41) is 3.25. The molecule has 5 heteroatoms. The first kappa shape index (κ1) is 16.4. The molecular formula is C14H30N4O. The molecule has 0 bridgehead atoms. The van der Waals surface area contributed by atoms with Gasteiger partial charge in [-0.15, -0.1) is 0 Å². The van der Waals surface area contributed by atoms with Crippen LogP contribution in [0.25, 0.3) is 0 Å². The molecule has 112 valence electrons. The highest BCUT2D eigenvalue weighted by molar-refractivity contribution is 5.79. The topological polar surface area (TPSA) is 61.6 Å². The Morgan fingerprint density at radius 3 is 2.68 bits per heavy atom. The van der Waals surface area contributed by atoms with Gasteiger partial charge in [-0.25, -0.2) is 0 Å². The number of amides is 1. The molecule has 1 rings (SSSR count).